The predicted molar refractivity (Wildman–Crippen MR) is 137 cm³/mol. The molecule has 5 rings (SSSR count). The Morgan fingerprint density at radius 1 is 0.970 bits per heavy atom. The third kappa shape index (κ3) is 5.73. The smallest absolute Gasteiger partial charge is 0.232 e. The van der Waals surface area contributed by atoms with Gasteiger partial charge in [0.05, 0.1) is 6.10 Å². The minimum absolute atomic E-state index is 0.234. The third-order valence-corrected chi connectivity index (χ3v) is 7.07. The Bertz CT molecular complexity index is 956. The number of hydrogen-bond donors (Lipinski definition) is 2. The zero-order valence-electron chi connectivity index (χ0n) is 19.3. The van der Waals surface area contributed by atoms with Crippen molar-refractivity contribution in [3.05, 3.63) is 41.5 Å². The largest absolute Gasteiger partial charge is 0.376 e. The summed E-state index contributed by atoms with van der Waals surface area (Å²) in [6.07, 6.45) is 8.47. The molecule has 8 heteroatoms. The molecule has 2 N–H and O–H groups in total. The summed E-state index contributed by atoms with van der Waals surface area (Å²) in [6, 6.07) is 10.9. The van der Waals surface area contributed by atoms with Crippen molar-refractivity contribution in [1.82, 2.24) is 15.3 Å². The second-order valence-electron chi connectivity index (χ2n) is 9.22. The van der Waals surface area contributed by atoms with Crippen molar-refractivity contribution in [2.24, 2.45) is 0 Å². The number of rotatable bonds is 5. The van der Waals surface area contributed by atoms with Crippen molar-refractivity contribution in [2.75, 3.05) is 47.9 Å². The zero-order chi connectivity index (χ0) is 22.5. The van der Waals surface area contributed by atoms with Crippen LogP contribution in [-0.2, 0) is 17.7 Å². The van der Waals surface area contributed by atoms with Crippen molar-refractivity contribution in [3.8, 4) is 0 Å². The van der Waals surface area contributed by atoms with E-state index in [9.17, 15) is 0 Å². The standard InChI is InChI=1S/C25H34N6OS/c33-25(26-17-21-10-7-15-32-21)29-24-27-22(30-12-5-1-2-6-13-30)16-23(28-24)31-14-11-19-8-3-4-9-20(19)18-31/h3-4,8-9,16,21H,1-2,5-7,10-15,17-18H2,(H2,26,27,28,29,33)/t21-/m0/s1. The minimum Gasteiger partial charge on any atom is -0.376 e. The van der Waals surface area contributed by atoms with E-state index < -0.39 is 0 Å². The maximum Gasteiger partial charge on any atom is 0.232 e. The second-order valence-corrected chi connectivity index (χ2v) is 9.63. The van der Waals surface area contributed by atoms with Crippen LogP contribution >= 0.6 is 12.2 Å². The van der Waals surface area contributed by atoms with E-state index in [1.807, 2.05) is 0 Å². The number of fused-ring (bicyclic) bond motifs is 1. The van der Waals surface area contributed by atoms with Gasteiger partial charge in [0.1, 0.15) is 11.6 Å². The van der Waals surface area contributed by atoms with E-state index in [1.54, 1.807) is 0 Å². The van der Waals surface area contributed by atoms with Gasteiger partial charge < -0.3 is 25.2 Å². The van der Waals surface area contributed by atoms with Crippen LogP contribution in [0.15, 0.2) is 30.3 Å². The summed E-state index contributed by atoms with van der Waals surface area (Å²) in [4.78, 5) is 14.5. The van der Waals surface area contributed by atoms with Crippen LogP contribution in [0.4, 0.5) is 17.6 Å². The van der Waals surface area contributed by atoms with Crippen LogP contribution in [0.5, 0.6) is 0 Å². The maximum atomic E-state index is 5.70. The predicted octanol–water partition coefficient (Wildman–Crippen LogP) is 3.89. The molecule has 7 nitrogen and oxygen atoms in total. The molecule has 2 saturated heterocycles. The highest BCUT2D eigenvalue weighted by Crippen LogP contribution is 2.28. The van der Waals surface area contributed by atoms with Crippen molar-refractivity contribution in [1.29, 1.82) is 0 Å². The molecule has 2 fully saturated rings. The second kappa shape index (κ2) is 10.7. The summed E-state index contributed by atoms with van der Waals surface area (Å²) < 4.78 is 5.70. The Labute approximate surface area is 201 Å². The monoisotopic (exact) mass is 466 g/mol. The molecule has 1 aromatic heterocycles. The van der Waals surface area contributed by atoms with Gasteiger partial charge >= 0.3 is 0 Å². The SMILES string of the molecule is S=C(NC[C@@H]1CCCO1)Nc1nc(N2CCCCCC2)cc(N2CCc3ccccc3C2)n1. The van der Waals surface area contributed by atoms with Crippen LogP contribution in [0.3, 0.4) is 0 Å². The number of nitrogens with one attached hydrogen (secondary N) is 2. The summed E-state index contributed by atoms with van der Waals surface area (Å²) in [5.41, 5.74) is 2.82. The van der Waals surface area contributed by atoms with E-state index in [1.165, 1.54) is 36.8 Å². The maximum absolute atomic E-state index is 5.70. The summed E-state index contributed by atoms with van der Waals surface area (Å²) in [5, 5.41) is 7.08. The first-order valence-corrected chi connectivity index (χ1v) is 12.8. The lowest BCUT2D eigenvalue weighted by Gasteiger charge is -2.31. The van der Waals surface area contributed by atoms with Gasteiger partial charge in [-0.2, -0.15) is 9.97 Å². The topological polar surface area (TPSA) is 65.6 Å². The number of thiocarbonyl (C=S) groups is 1. The van der Waals surface area contributed by atoms with Crippen LogP contribution in [0.25, 0.3) is 0 Å². The van der Waals surface area contributed by atoms with E-state index in [0.717, 1.165) is 63.7 Å². The average Bonchev–Trinajstić information content (AvgIpc) is 3.22. The molecular formula is C25H34N6OS. The highest BCUT2D eigenvalue weighted by Gasteiger charge is 2.21. The molecule has 4 heterocycles. The third-order valence-electron chi connectivity index (χ3n) is 6.82. The Kier molecular flexibility index (Phi) is 7.21. The lowest BCUT2D eigenvalue weighted by Crippen LogP contribution is -2.36. The molecule has 0 spiro atoms. The minimum atomic E-state index is 0.234. The number of hydrogen-bond acceptors (Lipinski definition) is 6. The lowest BCUT2D eigenvalue weighted by atomic mass is 10.00. The highest BCUT2D eigenvalue weighted by atomic mass is 32.1. The van der Waals surface area contributed by atoms with Crippen LogP contribution in [-0.4, -0.2) is 54.0 Å². The molecule has 33 heavy (non-hydrogen) atoms. The first-order chi connectivity index (χ1) is 16.2. The van der Waals surface area contributed by atoms with Crippen LogP contribution in [0.1, 0.15) is 49.7 Å². The van der Waals surface area contributed by atoms with Crippen molar-refractivity contribution in [2.45, 2.75) is 57.6 Å². The number of anilines is 3. The van der Waals surface area contributed by atoms with Gasteiger partial charge in [0.25, 0.3) is 0 Å². The van der Waals surface area contributed by atoms with Crippen LogP contribution in [0, 0.1) is 0 Å². The molecule has 0 radical (unpaired) electrons. The van der Waals surface area contributed by atoms with E-state index >= 15 is 0 Å². The molecule has 3 aliphatic heterocycles. The number of nitrogens with zero attached hydrogens (tertiary/aromatic N) is 4. The fourth-order valence-corrected chi connectivity index (χ4v) is 5.13. The van der Waals surface area contributed by atoms with Gasteiger partial charge in [-0.3, -0.25) is 0 Å². The molecule has 3 aliphatic rings. The molecular weight excluding hydrogens is 432 g/mol. The fourth-order valence-electron chi connectivity index (χ4n) is 4.95. The van der Waals surface area contributed by atoms with Crippen molar-refractivity contribution in [3.63, 3.8) is 0 Å². The lowest BCUT2D eigenvalue weighted by molar-refractivity contribution is 0.114. The summed E-state index contributed by atoms with van der Waals surface area (Å²) in [7, 11) is 0. The van der Waals surface area contributed by atoms with E-state index in [4.69, 9.17) is 26.9 Å². The molecule has 1 atom stereocenters. The first-order valence-electron chi connectivity index (χ1n) is 12.4. The van der Waals surface area contributed by atoms with E-state index in [-0.39, 0.29) is 6.10 Å². The van der Waals surface area contributed by atoms with Crippen molar-refractivity contribution < 1.29 is 4.74 Å². The summed E-state index contributed by atoms with van der Waals surface area (Å²) in [6.45, 7) is 5.46. The Balaban J connectivity index is 1.35. The Morgan fingerprint density at radius 2 is 1.73 bits per heavy atom. The molecule has 176 valence electrons. The molecule has 1 aromatic carbocycles. The molecule has 0 bridgehead atoms. The molecule has 2 aromatic rings. The number of benzene rings is 1. The Morgan fingerprint density at radius 3 is 2.48 bits per heavy atom. The summed E-state index contributed by atoms with van der Waals surface area (Å²) >= 11 is 5.56. The zero-order valence-corrected chi connectivity index (χ0v) is 20.1. The van der Waals surface area contributed by atoms with Gasteiger partial charge in [-0.05, 0) is 55.4 Å². The van der Waals surface area contributed by atoms with Crippen molar-refractivity contribution >= 4 is 34.9 Å². The number of aromatic nitrogens is 2. The van der Waals surface area contributed by atoms with E-state index in [2.05, 4.69) is 50.8 Å². The quantitative estimate of drug-likeness (QED) is 0.644. The Hall–Kier alpha value is -2.45. The molecule has 0 aliphatic carbocycles. The van der Waals surface area contributed by atoms with Gasteiger partial charge in [0.2, 0.25) is 5.95 Å². The van der Waals surface area contributed by atoms with Gasteiger partial charge in [-0.1, -0.05) is 37.1 Å². The van der Waals surface area contributed by atoms with E-state index in [0.29, 0.717) is 17.6 Å². The number of ether oxygens (including phenoxy) is 1. The van der Waals surface area contributed by atoms with Gasteiger partial charge in [0, 0.05) is 45.4 Å². The van der Waals surface area contributed by atoms with Crippen LogP contribution < -0.4 is 20.4 Å². The summed E-state index contributed by atoms with van der Waals surface area (Å²) in [5.74, 6) is 2.52. The fraction of sp³-hybridized carbons (Fsp3) is 0.560. The molecule has 0 saturated carbocycles. The normalized spacial score (nSPS) is 20.8. The average molecular weight is 467 g/mol. The van der Waals surface area contributed by atoms with Gasteiger partial charge in [0.15, 0.2) is 5.11 Å². The molecule has 0 amide bonds. The highest BCUT2D eigenvalue weighted by molar-refractivity contribution is 7.80. The molecule has 0 unspecified atom stereocenters. The first kappa shape index (κ1) is 22.3. The van der Waals surface area contributed by atoms with Crippen LogP contribution in [0.2, 0.25) is 0 Å². The van der Waals surface area contributed by atoms with Gasteiger partial charge in [-0.15, -0.1) is 0 Å². The van der Waals surface area contributed by atoms with Gasteiger partial charge in [-0.25, -0.2) is 0 Å².